The minimum absolute atomic E-state index is 0.00706. The van der Waals surface area contributed by atoms with E-state index in [1.165, 1.54) is 0 Å². The van der Waals surface area contributed by atoms with Gasteiger partial charge in [-0.2, -0.15) is 0 Å². The standard InChI is InChI=1S/C20H30N4O3/c1-3-12-24(13-18(25)22-17-11-7-4-8-15(17)2)14-19(26)23-20(27)21-16-9-5-6-10-16/h4,7-8,11,16H,3,5-6,9-10,12-14H2,1-2H3,(H,22,25)(H2,21,23,26,27). The van der Waals surface area contributed by atoms with Gasteiger partial charge in [0.25, 0.3) is 0 Å². The first-order valence-electron chi connectivity index (χ1n) is 9.66. The average molecular weight is 374 g/mol. The summed E-state index contributed by atoms with van der Waals surface area (Å²) < 4.78 is 0. The highest BCUT2D eigenvalue weighted by Crippen LogP contribution is 2.17. The maximum absolute atomic E-state index is 12.3. The Kier molecular flexibility index (Phi) is 8.26. The van der Waals surface area contributed by atoms with E-state index in [9.17, 15) is 14.4 Å². The number of nitrogens with one attached hydrogen (secondary N) is 3. The lowest BCUT2D eigenvalue weighted by atomic mass is 10.2. The van der Waals surface area contributed by atoms with Gasteiger partial charge in [-0.05, 0) is 44.4 Å². The molecule has 3 N–H and O–H groups in total. The molecule has 2 rings (SSSR count). The van der Waals surface area contributed by atoms with E-state index >= 15 is 0 Å². The fraction of sp³-hybridized carbons (Fsp3) is 0.550. The quantitative estimate of drug-likeness (QED) is 0.652. The first kappa shape index (κ1) is 20.9. The molecule has 1 aromatic rings. The molecule has 0 radical (unpaired) electrons. The number of nitrogens with zero attached hydrogens (tertiary/aromatic N) is 1. The zero-order valence-electron chi connectivity index (χ0n) is 16.2. The van der Waals surface area contributed by atoms with Crippen LogP contribution in [0.15, 0.2) is 24.3 Å². The van der Waals surface area contributed by atoms with Crippen molar-refractivity contribution in [2.24, 2.45) is 0 Å². The number of imide groups is 1. The predicted molar refractivity (Wildman–Crippen MR) is 105 cm³/mol. The lowest BCUT2D eigenvalue weighted by Crippen LogP contribution is -2.48. The molecule has 4 amide bonds. The summed E-state index contributed by atoms with van der Waals surface area (Å²) in [6.07, 6.45) is 4.95. The molecule has 0 saturated heterocycles. The smallest absolute Gasteiger partial charge is 0.321 e. The largest absolute Gasteiger partial charge is 0.335 e. The van der Waals surface area contributed by atoms with Gasteiger partial charge in [0, 0.05) is 11.7 Å². The van der Waals surface area contributed by atoms with E-state index in [0.717, 1.165) is 43.4 Å². The maximum Gasteiger partial charge on any atom is 0.321 e. The second kappa shape index (κ2) is 10.7. The Hall–Kier alpha value is -2.41. The molecule has 27 heavy (non-hydrogen) atoms. The molecule has 7 nitrogen and oxygen atoms in total. The number of urea groups is 1. The number of carbonyl (C=O) groups is 3. The van der Waals surface area contributed by atoms with Crippen molar-refractivity contribution in [1.82, 2.24) is 15.5 Å². The van der Waals surface area contributed by atoms with Gasteiger partial charge in [0.1, 0.15) is 0 Å². The van der Waals surface area contributed by atoms with Crippen LogP contribution in [0.1, 0.15) is 44.6 Å². The van der Waals surface area contributed by atoms with Crippen LogP contribution in [0, 0.1) is 6.92 Å². The maximum atomic E-state index is 12.3. The van der Waals surface area contributed by atoms with E-state index in [4.69, 9.17) is 0 Å². The Morgan fingerprint density at radius 3 is 2.41 bits per heavy atom. The summed E-state index contributed by atoms with van der Waals surface area (Å²) in [4.78, 5) is 38.1. The fourth-order valence-corrected chi connectivity index (χ4v) is 3.30. The minimum atomic E-state index is -0.451. The fourth-order valence-electron chi connectivity index (χ4n) is 3.30. The molecule has 0 aromatic heterocycles. The first-order valence-corrected chi connectivity index (χ1v) is 9.66. The minimum Gasteiger partial charge on any atom is -0.335 e. The van der Waals surface area contributed by atoms with Crippen molar-refractivity contribution < 1.29 is 14.4 Å². The summed E-state index contributed by atoms with van der Waals surface area (Å²) in [6.45, 7) is 4.61. The second-order valence-electron chi connectivity index (χ2n) is 7.08. The SMILES string of the molecule is CCCN(CC(=O)NC(=O)NC1CCCC1)CC(=O)Nc1ccccc1C. The van der Waals surface area contributed by atoms with E-state index in [-0.39, 0.29) is 25.0 Å². The van der Waals surface area contributed by atoms with Gasteiger partial charge in [-0.1, -0.05) is 38.0 Å². The Morgan fingerprint density at radius 2 is 1.74 bits per heavy atom. The van der Waals surface area contributed by atoms with Crippen LogP contribution < -0.4 is 16.0 Å². The number of carbonyl (C=O) groups excluding carboxylic acids is 3. The average Bonchev–Trinajstić information content (AvgIpc) is 3.09. The molecule has 1 aromatic carbocycles. The van der Waals surface area contributed by atoms with Crippen LogP contribution >= 0.6 is 0 Å². The van der Waals surface area contributed by atoms with Crippen molar-refractivity contribution >= 4 is 23.5 Å². The van der Waals surface area contributed by atoms with Crippen LogP contribution in [-0.2, 0) is 9.59 Å². The number of benzene rings is 1. The number of aryl methyl sites for hydroxylation is 1. The number of hydrogen-bond acceptors (Lipinski definition) is 4. The molecule has 0 unspecified atom stereocenters. The highest BCUT2D eigenvalue weighted by Gasteiger charge is 2.20. The number of rotatable bonds is 8. The molecule has 7 heteroatoms. The van der Waals surface area contributed by atoms with Crippen LogP contribution in [0.4, 0.5) is 10.5 Å². The zero-order valence-corrected chi connectivity index (χ0v) is 16.2. The summed E-state index contributed by atoms with van der Waals surface area (Å²) in [7, 11) is 0. The predicted octanol–water partition coefficient (Wildman–Crippen LogP) is 2.41. The second-order valence-corrected chi connectivity index (χ2v) is 7.08. The van der Waals surface area contributed by atoms with Gasteiger partial charge in [0.2, 0.25) is 11.8 Å². The van der Waals surface area contributed by atoms with Crippen LogP contribution in [-0.4, -0.2) is 48.4 Å². The number of hydrogen-bond donors (Lipinski definition) is 3. The molecule has 1 fully saturated rings. The summed E-state index contributed by atoms with van der Waals surface area (Å²) in [6, 6.07) is 7.25. The van der Waals surface area contributed by atoms with Gasteiger partial charge in [-0.3, -0.25) is 19.8 Å². The molecule has 0 heterocycles. The van der Waals surface area contributed by atoms with E-state index in [2.05, 4.69) is 16.0 Å². The highest BCUT2D eigenvalue weighted by atomic mass is 16.2. The van der Waals surface area contributed by atoms with Gasteiger partial charge in [0.05, 0.1) is 13.1 Å². The topological polar surface area (TPSA) is 90.5 Å². The molecule has 0 atom stereocenters. The van der Waals surface area contributed by atoms with Crippen LogP contribution in [0.25, 0.3) is 0 Å². The summed E-state index contributed by atoms with van der Waals surface area (Å²) >= 11 is 0. The van der Waals surface area contributed by atoms with Crippen LogP contribution in [0.2, 0.25) is 0 Å². The van der Waals surface area contributed by atoms with E-state index in [1.807, 2.05) is 38.1 Å². The third-order valence-corrected chi connectivity index (χ3v) is 4.64. The molecule has 1 saturated carbocycles. The third-order valence-electron chi connectivity index (χ3n) is 4.64. The number of amides is 4. The molecule has 1 aliphatic rings. The van der Waals surface area contributed by atoms with Crippen molar-refractivity contribution in [3.63, 3.8) is 0 Å². The van der Waals surface area contributed by atoms with Gasteiger partial charge in [0.15, 0.2) is 0 Å². The third kappa shape index (κ3) is 7.38. The molecule has 0 bridgehead atoms. The summed E-state index contributed by atoms with van der Waals surface area (Å²) in [5.74, 6) is -0.580. The lowest BCUT2D eigenvalue weighted by Gasteiger charge is -2.21. The summed E-state index contributed by atoms with van der Waals surface area (Å²) in [5.41, 5.74) is 1.74. The van der Waals surface area contributed by atoms with Gasteiger partial charge in [-0.25, -0.2) is 4.79 Å². The molecular formula is C20H30N4O3. The van der Waals surface area contributed by atoms with Crippen molar-refractivity contribution in [3.8, 4) is 0 Å². The van der Waals surface area contributed by atoms with Crippen LogP contribution in [0.5, 0.6) is 0 Å². The van der Waals surface area contributed by atoms with E-state index in [1.54, 1.807) is 4.90 Å². The molecule has 0 aliphatic heterocycles. The molecule has 1 aliphatic carbocycles. The first-order chi connectivity index (χ1) is 13.0. The molecule has 0 spiro atoms. The zero-order chi connectivity index (χ0) is 19.6. The van der Waals surface area contributed by atoms with Crippen molar-refractivity contribution in [2.75, 3.05) is 25.0 Å². The van der Waals surface area contributed by atoms with Crippen LogP contribution in [0.3, 0.4) is 0 Å². The van der Waals surface area contributed by atoms with Crippen molar-refractivity contribution in [2.45, 2.75) is 52.0 Å². The Labute approximate surface area is 160 Å². The highest BCUT2D eigenvalue weighted by molar-refractivity contribution is 5.96. The van der Waals surface area contributed by atoms with Crippen molar-refractivity contribution in [3.05, 3.63) is 29.8 Å². The van der Waals surface area contributed by atoms with E-state index < -0.39 is 11.9 Å². The molecular weight excluding hydrogens is 344 g/mol. The Morgan fingerprint density at radius 1 is 1.07 bits per heavy atom. The molecule has 148 valence electrons. The number of para-hydroxylation sites is 1. The van der Waals surface area contributed by atoms with E-state index in [0.29, 0.717) is 6.54 Å². The van der Waals surface area contributed by atoms with Crippen molar-refractivity contribution in [1.29, 1.82) is 0 Å². The summed E-state index contributed by atoms with van der Waals surface area (Å²) in [5, 5.41) is 8.06. The number of anilines is 1. The monoisotopic (exact) mass is 374 g/mol. The normalized spacial score (nSPS) is 14.2. The Bertz CT molecular complexity index is 656. The van der Waals surface area contributed by atoms with Gasteiger partial charge < -0.3 is 10.6 Å². The Balaban J connectivity index is 1.80. The van der Waals surface area contributed by atoms with Gasteiger partial charge >= 0.3 is 6.03 Å². The van der Waals surface area contributed by atoms with Gasteiger partial charge in [-0.15, -0.1) is 0 Å². The lowest BCUT2D eigenvalue weighted by molar-refractivity contribution is -0.122.